The van der Waals surface area contributed by atoms with Crippen LogP contribution in [0, 0.1) is 5.92 Å². The van der Waals surface area contributed by atoms with Gasteiger partial charge in [0.1, 0.15) is 11.9 Å². The third kappa shape index (κ3) is 4.68. The molecule has 2 heterocycles. The van der Waals surface area contributed by atoms with Crippen molar-refractivity contribution >= 4 is 29.5 Å². The zero-order valence-corrected chi connectivity index (χ0v) is 19.6. The van der Waals surface area contributed by atoms with E-state index < -0.39 is 0 Å². The maximum absolute atomic E-state index is 9.40. The molecule has 31 heavy (non-hydrogen) atoms. The molecular formula is C20H29ClN6O3S. The Kier molecular flexibility index (Phi) is 7.02. The lowest BCUT2D eigenvalue weighted by Gasteiger charge is -2.35. The highest BCUT2D eigenvalue weighted by Gasteiger charge is 2.49. The number of hydrogen-bond acceptors (Lipinski definition) is 9. The van der Waals surface area contributed by atoms with E-state index >= 15 is 0 Å². The molecule has 2 fully saturated rings. The van der Waals surface area contributed by atoms with E-state index in [0.717, 1.165) is 37.5 Å². The minimum Gasteiger partial charge on any atom is -0.396 e. The smallest absolute Gasteiger partial charge is 0.235 e. The van der Waals surface area contributed by atoms with Gasteiger partial charge in [-0.2, -0.15) is 0 Å². The molecular weight excluding hydrogens is 440 g/mol. The van der Waals surface area contributed by atoms with E-state index in [1.165, 1.54) is 11.9 Å². The van der Waals surface area contributed by atoms with Crippen molar-refractivity contribution < 1.29 is 14.6 Å². The second kappa shape index (κ2) is 9.58. The summed E-state index contributed by atoms with van der Waals surface area (Å²) in [5, 5.41) is 18.9. The first-order chi connectivity index (χ1) is 15.0. The lowest BCUT2D eigenvalue weighted by atomic mass is 9.75. The van der Waals surface area contributed by atoms with Gasteiger partial charge in [-0.15, -0.1) is 10.2 Å². The summed E-state index contributed by atoms with van der Waals surface area (Å²) in [7, 11) is 3.38. The van der Waals surface area contributed by atoms with Gasteiger partial charge in [0.25, 0.3) is 0 Å². The molecule has 0 saturated heterocycles. The Morgan fingerprint density at radius 1 is 1.29 bits per heavy atom. The van der Waals surface area contributed by atoms with Crippen LogP contribution in [-0.4, -0.2) is 62.5 Å². The van der Waals surface area contributed by atoms with Crippen LogP contribution in [0.15, 0.2) is 12.4 Å². The number of nitrogens with zero attached hydrogens (tertiary/aromatic N) is 5. The van der Waals surface area contributed by atoms with E-state index in [1.807, 2.05) is 6.92 Å². The highest BCUT2D eigenvalue weighted by atomic mass is 35.5. The number of aliphatic hydroxyl groups is 1. The molecule has 2 N–H and O–H groups in total. The molecule has 170 valence electrons. The maximum Gasteiger partial charge on any atom is 0.235 e. The summed E-state index contributed by atoms with van der Waals surface area (Å²) in [6, 6.07) is 0. The van der Waals surface area contributed by atoms with Crippen molar-refractivity contribution in [2.24, 2.45) is 5.92 Å². The van der Waals surface area contributed by atoms with Crippen molar-refractivity contribution in [1.82, 2.24) is 24.7 Å². The quantitative estimate of drug-likeness (QED) is 0.480. The molecule has 2 aromatic rings. The maximum atomic E-state index is 9.40. The van der Waals surface area contributed by atoms with Crippen LogP contribution in [0.3, 0.4) is 0 Å². The third-order valence-electron chi connectivity index (χ3n) is 6.17. The Morgan fingerprint density at radius 2 is 2.00 bits per heavy atom. The summed E-state index contributed by atoms with van der Waals surface area (Å²) in [5.41, 5.74) is -0.0933. The van der Waals surface area contributed by atoms with Crippen molar-refractivity contribution in [3.63, 3.8) is 0 Å². The minimum atomic E-state index is -0.309. The summed E-state index contributed by atoms with van der Waals surface area (Å²) >= 11 is 7.41. The fourth-order valence-corrected chi connectivity index (χ4v) is 5.10. The molecule has 4 rings (SSSR count). The monoisotopic (exact) mass is 468 g/mol. The molecule has 9 nitrogen and oxygen atoms in total. The van der Waals surface area contributed by atoms with Crippen LogP contribution >= 0.6 is 23.5 Å². The number of aliphatic hydroxyl groups excluding tert-OH is 1. The Morgan fingerprint density at radius 3 is 2.58 bits per heavy atom. The first-order valence-electron chi connectivity index (χ1n) is 10.5. The average Bonchev–Trinajstić information content (AvgIpc) is 3.38. The summed E-state index contributed by atoms with van der Waals surface area (Å²) in [5.74, 6) is 2.98. The second-order valence-corrected chi connectivity index (χ2v) is 10.1. The van der Waals surface area contributed by atoms with Gasteiger partial charge in [-0.05, 0) is 50.5 Å². The van der Waals surface area contributed by atoms with Crippen LogP contribution in [0.4, 0.5) is 5.95 Å². The summed E-state index contributed by atoms with van der Waals surface area (Å²) < 4.78 is 16.8. The largest absolute Gasteiger partial charge is 0.396 e. The zero-order chi connectivity index (χ0) is 22.0. The standard InChI is InChI=1S/C20H29ClN6O3S/c1-12(16(30-3)17-22-8-15(21)9-23-17)31-26-19-25-24-18(14-6-13(7-14)10-28)27(19)20(4-5-20)11-29-2/h8-9,12-14,16,28H,4-7,10-11H2,1-3H3,(H,25,26)/t12?,13-,14+,16?. The van der Waals surface area contributed by atoms with Crippen molar-refractivity contribution in [2.75, 3.05) is 32.2 Å². The van der Waals surface area contributed by atoms with Gasteiger partial charge in [-0.25, -0.2) is 9.97 Å². The third-order valence-corrected chi connectivity index (χ3v) is 7.29. The fraction of sp³-hybridized carbons (Fsp3) is 0.700. The number of aromatic nitrogens is 5. The number of halogens is 1. The molecule has 2 saturated carbocycles. The van der Waals surface area contributed by atoms with Gasteiger partial charge < -0.3 is 14.6 Å². The van der Waals surface area contributed by atoms with E-state index in [1.54, 1.807) is 26.6 Å². The Labute approximate surface area is 191 Å². The molecule has 2 unspecified atom stereocenters. The Bertz CT molecular complexity index is 872. The topological polar surface area (TPSA) is 107 Å². The molecule has 0 spiro atoms. The molecule has 11 heteroatoms. The van der Waals surface area contributed by atoms with Crippen molar-refractivity contribution in [1.29, 1.82) is 0 Å². The number of methoxy groups -OCH3 is 2. The van der Waals surface area contributed by atoms with Gasteiger partial charge in [0.2, 0.25) is 5.95 Å². The minimum absolute atomic E-state index is 0.000161. The molecule has 2 aliphatic rings. The van der Waals surface area contributed by atoms with E-state index in [4.69, 9.17) is 21.1 Å². The molecule has 2 aliphatic carbocycles. The van der Waals surface area contributed by atoms with Crippen LogP contribution in [0.5, 0.6) is 0 Å². The SMILES string of the molecule is COCC1(n2c(NSC(C)C(OC)c3ncc(Cl)cn3)nnc2[C@H]2C[C@@H](CO)C2)CC1. The first-order valence-corrected chi connectivity index (χ1v) is 11.7. The van der Waals surface area contributed by atoms with Crippen molar-refractivity contribution in [3.8, 4) is 0 Å². The fourth-order valence-electron chi connectivity index (χ4n) is 4.22. The average molecular weight is 469 g/mol. The van der Waals surface area contributed by atoms with Gasteiger partial charge in [0.15, 0.2) is 5.82 Å². The molecule has 0 bridgehead atoms. The summed E-state index contributed by atoms with van der Waals surface area (Å²) in [4.78, 5) is 8.60. The van der Waals surface area contributed by atoms with Crippen LogP contribution in [0.25, 0.3) is 0 Å². The highest BCUT2D eigenvalue weighted by molar-refractivity contribution is 8.01. The number of hydrogen-bond donors (Lipinski definition) is 2. The van der Waals surface area contributed by atoms with Crippen LogP contribution < -0.4 is 4.72 Å². The van der Waals surface area contributed by atoms with E-state index in [0.29, 0.717) is 29.3 Å². The normalized spacial score (nSPS) is 23.8. The van der Waals surface area contributed by atoms with E-state index in [-0.39, 0.29) is 23.5 Å². The lowest BCUT2D eigenvalue weighted by molar-refractivity contribution is 0.0972. The Hall–Kier alpha value is -1.46. The molecule has 0 aromatic carbocycles. The predicted molar refractivity (Wildman–Crippen MR) is 119 cm³/mol. The van der Waals surface area contributed by atoms with Crippen LogP contribution in [0.1, 0.15) is 56.3 Å². The van der Waals surface area contributed by atoms with Gasteiger partial charge in [-0.3, -0.25) is 9.29 Å². The van der Waals surface area contributed by atoms with Crippen molar-refractivity contribution in [3.05, 3.63) is 29.1 Å². The Balaban J connectivity index is 1.50. The predicted octanol–water partition coefficient (Wildman–Crippen LogP) is 3.18. The van der Waals surface area contributed by atoms with Gasteiger partial charge >= 0.3 is 0 Å². The van der Waals surface area contributed by atoms with Crippen LogP contribution in [0.2, 0.25) is 5.02 Å². The molecule has 0 aliphatic heterocycles. The van der Waals surface area contributed by atoms with Gasteiger partial charge in [0, 0.05) is 39.1 Å². The zero-order valence-electron chi connectivity index (χ0n) is 18.0. The van der Waals surface area contributed by atoms with E-state index in [9.17, 15) is 5.11 Å². The molecule has 2 atom stereocenters. The second-order valence-electron chi connectivity index (χ2n) is 8.43. The first kappa shape index (κ1) is 22.7. The number of anilines is 1. The number of nitrogens with one attached hydrogen (secondary N) is 1. The van der Waals surface area contributed by atoms with Gasteiger partial charge in [-0.1, -0.05) is 11.6 Å². The highest BCUT2D eigenvalue weighted by Crippen LogP contribution is 2.50. The number of rotatable bonds is 11. The van der Waals surface area contributed by atoms with Crippen molar-refractivity contribution in [2.45, 2.75) is 55.4 Å². The molecule has 0 amide bonds. The van der Waals surface area contributed by atoms with Crippen LogP contribution in [-0.2, 0) is 15.0 Å². The van der Waals surface area contributed by atoms with Gasteiger partial charge in [0.05, 0.1) is 22.4 Å². The molecule has 2 aromatic heterocycles. The van der Waals surface area contributed by atoms with E-state index in [2.05, 4.69) is 29.5 Å². The molecule has 0 radical (unpaired) electrons. The summed E-state index contributed by atoms with van der Waals surface area (Å²) in [6.45, 7) is 2.91. The lowest BCUT2D eigenvalue weighted by Crippen LogP contribution is -2.32. The number of ether oxygens (including phenoxy) is 2. The summed E-state index contributed by atoms with van der Waals surface area (Å²) in [6.07, 6.45) is 6.80.